The third-order valence-corrected chi connectivity index (χ3v) is 3.50. The van der Waals surface area contributed by atoms with Crippen molar-refractivity contribution in [2.45, 2.75) is 20.0 Å². The van der Waals surface area contributed by atoms with E-state index in [9.17, 15) is 8.78 Å². The smallest absolute Gasteiger partial charge is 0.217 e. The third-order valence-electron chi connectivity index (χ3n) is 3.50. The summed E-state index contributed by atoms with van der Waals surface area (Å²) in [5.74, 6) is 0.266. The van der Waals surface area contributed by atoms with Crippen molar-refractivity contribution in [2.24, 2.45) is 0 Å². The van der Waals surface area contributed by atoms with Crippen molar-refractivity contribution in [3.05, 3.63) is 77.5 Å². The number of rotatable bonds is 5. The molecular formula is C19H16F2N2O. The van der Waals surface area contributed by atoms with E-state index in [1.165, 1.54) is 24.3 Å². The van der Waals surface area contributed by atoms with Crippen LogP contribution in [0.5, 0.6) is 5.88 Å². The van der Waals surface area contributed by atoms with Crippen molar-refractivity contribution >= 4 is 0 Å². The van der Waals surface area contributed by atoms with E-state index in [2.05, 4.69) is 9.97 Å². The Bertz CT molecular complexity index is 835. The van der Waals surface area contributed by atoms with E-state index in [1.54, 1.807) is 30.3 Å². The zero-order valence-corrected chi connectivity index (χ0v) is 13.2. The minimum atomic E-state index is -0.312. The Morgan fingerprint density at radius 1 is 0.917 bits per heavy atom. The molecule has 122 valence electrons. The number of nitrogens with zero attached hydrogens (tertiary/aromatic N) is 2. The number of ether oxygens (including phenoxy) is 1. The van der Waals surface area contributed by atoms with Gasteiger partial charge in [0.1, 0.15) is 18.2 Å². The average molecular weight is 326 g/mol. The zero-order chi connectivity index (χ0) is 16.9. The van der Waals surface area contributed by atoms with Crippen LogP contribution >= 0.6 is 0 Å². The molecule has 0 aliphatic carbocycles. The maximum Gasteiger partial charge on any atom is 0.217 e. The SMILES string of the molecule is CCc1cc(OCc2cccc(F)c2)nc(-c2ccc(F)cc2)n1. The summed E-state index contributed by atoms with van der Waals surface area (Å²) in [5.41, 5.74) is 2.25. The lowest BCUT2D eigenvalue weighted by molar-refractivity contribution is 0.292. The summed E-state index contributed by atoms with van der Waals surface area (Å²) in [6.45, 7) is 2.19. The lowest BCUT2D eigenvalue weighted by Gasteiger charge is -2.09. The van der Waals surface area contributed by atoms with Gasteiger partial charge in [0.2, 0.25) is 5.88 Å². The molecule has 0 N–H and O–H groups in total. The van der Waals surface area contributed by atoms with Gasteiger partial charge in [-0.3, -0.25) is 0 Å². The first kappa shape index (κ1) is 16.1. The fraction of sp³-hybridized carbons (Fsp3) is 0.158. The Hall–Kier alpha value is -2.82. The van der Waals surface area contributed by atoms with E-state index in [4.69, 9.17) is 4.74 Å². The summed E-state index contributed by atoms with van der Waals surface area (Å²) >= 11 is 0. The summed E-state index contributed by atoms with van der Waals surface area (Å²) in [5, 5.41) is 0. The first-order valence-corrected chi connectivity index (χ1v) is 7.65. The summed E-state index contributed by atoms with van der Waals surface area (Å²) in [4.78, 5) is 8.82. The molecule has 0 unspecified atom stereocenters. The number of hydrogen-bond donors (Lipinski definition) is 0. The van der Waals surface area contributed by atoms with E-state index in [-0.39, 0.29) is 18.2 Å². The Balaban J connectivity index is 1.85. The van der Waals surface area contributed by atoms with Crippen molar-refractivity contribution in [3.63, 3.8) is 0 Å². The van der Waals surface area contributed by atoms with Crippen molar-refractivity contribution in [1.29, 1.82) is 0 Å². The second kappa shape index (κ2) is 7.17. The zero-order valence-electron chi connectivity index (χ0n) is 13.2. The van der Waals surface area contributed by atoms with Crippen LogP contribution in [0.1, 0.15) is 18.2 Å². The summed E-state index contributed by atoms with van der Waals surface area (Å²) < 4.78 is 32.0. The fourth-order valence-electron chi connectivity index (χ4n) is 2.24. The lowest BCUT2D eigenvalue weighted by atomic mass is 10.2. The van der Waals surface area contributed by atoms with Crippen LogP contribution in [0, 0.1) is 11.6 Å². The monoisotopic (exact) mass is 326 g/mol. The molecule has 0 saturated carbocycles. The van der Waals surface area contributed by atoms with Crippen LogP contribution in [0.15, 0.2) is 54.6 Å². The first-order chi connectivity index (χ1) is 11.6. The number of halogens is 2. The molecule has 24 heavy (non-hydrogen) atoms. The minimum Gasteiger partial charge on any atom is -0.473 e. The molecule has 0 bridgehead atoms. The van der Waals surface area contributed by atoms with Gasteiger partial charge in [-0.1, -0.05) is 19.1 Å². The van der Waals surface area contributed by atoms with Crippen LogP contribution in [-0.2, 0) is 13.0 Å². The Morgan fingerprint density at radius 3 is 2.42 bits per heavy atom. The van der Waals surface area contributed by atoms with E-state index >= 15 is 0 Å². The molecule has 0 radical (unpaired) electrons. The van der Waals surface area contributed by atoms with Gasteiger partial charge in [-0.25, -0.2) is 13.8 Å². The van der Waals surface area contributed by atoms with Crippen LogP contribution < -0.4 is 4.74 Å². The largest absolute Gasteiger partial charge is 0.473 e. The minimum absolute atomic E-state index is 0.209. The molecule has 0 aliphatic rings. The molecule has 5 heteroatoms. The molecule has 0 amide bonds. The Labute approximate surface area is 139 Å². The van der Waals surface area contributed by atoms with Crippen molar-refractivity contribution < 1.29 is 13.5 Å². The number of hydrogen-bond acceptors (Lipinski definition) is 3. The average Bonchev–Trinajstić information content (AvgIpc) is 2.60. The highest BCUT2D eigenvalue weighted by Gasteiger charge is 2.08. The maximum absolute atomic E-state index is 13.2. The molecule has 0 aliphatic heterocycles. The second-order valence-corrected chi connectivity index (χ2v) is 5.30. The molecule has 3 rings (SSSR count). The third kappa shape index (κ3) is 3.93. The van der Waals surface area contributed by atoms with Crippen LogP contribution in [0.2, 0.25) is 0 Å². The number of aryl methyl sites for hydroxylation is 1. The van der Waals surface area contributed by atoms with Gasteiger partial charge in [-0.05, 0) is 48.4 Å². The Kier molecular flexibility index (Phi) is 4.79. The number of benzene rings is 2. The van der Waals surface area contributed by atoms with Crippen molar-refractivity contribution in [2.75, 3.05) is 0 Å². The number of aromatic nitrogens is 2. The van der Waals surface area contributed by atoms with Crippen molar-refractivity contribution in [3.8, 4) is 17.3 Å². The van der Waals surface area contributed by atoms with Gasteiger partial charge < -0.3 is 4.74 Å². The van der Waals surface area contributed by atoms with Crippen LogP contribution in [0.25, 0.3) is 11.4 Å². The normalized spacial score (nSPS) is 10.6. The van der Waals surface area contributed by atoms with Gasteiger partial charge in [0, 0.05) is 17.3 Å². The highest BCUT2D eigenvalue weighted by atomic mass is 19.1. The van der Waals surface area contributed by atoms with Gasteiger partial charge in [0.05, 0.1) is 0 Å². The van der Waals surface area contributed by atoms with E-state index in [1.807, 2.05) is 6.92 Å². The standard InChI is InChI=1S/C19H16F2N2O/c1-2-17-11-18(24-12-13-4-3-5-16(21)10-13)23-19(22-17)14-6-8-15(20)9-7-14/h3-11H,2,12H2,1H3. The summed E-state index contributed by atoms with van der Waals surface area (Å²) in [6.07, 6.45) is 0.715. The molecule has 0 saturated heterocycles. The molecule has 1 aromatic heterocycles. The van der Waals surface area contributed by atoms with E-state index < -0.39 is 0 Å². The van der Waals surface area contributed by atoms with Gasteiger partial charge in [-0.15, -0.1) is 0 Å². The molecule has 1 heterocycles. The Morgan fingerprint density at radius 2 is 1.71 bits per heavy atom. The van der Waals surface area contributed by atoms with E-state index in [0.29, 0.717) is 23.7 Å². The summed E-state index contributed by atoms with van der Waals surface area (Å²) in [7, 11) is 0. The quantitative estimate of drug-likeness (QED) is 0.689. The second-order valence-electron chi connectivity index (χ2n) is 5.30. The highest BCUT2D eigenvalue weighted by molar-refractivity contribution is 5.55. The molecule has 0 atom stereocenters. The van der Waals surface area contributed by atoms with Gasteiger partial charge in [0.25, 0.3) is 0 Å². The summed E-state index contributed by atoms with van der Waals surface area (Å²) in [6, 6.07) is 14.0. The van der Waals surface area contributed by atoms with E-state index in [0.717, 1.165) is 11.3 Å². The van der Waals surface area contributed by atoms with Gasteiger partial charge >= 0.3 is 0 Å². The highest BCUT2D eigenvalue weighted by Crippen LogP contribution is 2.20. The van der Waals surface area contributed by atoms with Crippen LogP contribution in [-0.4, -0.2) is 9.97 Å². The van der Waals surface area contributed by atoms with Gasteiger partial charge in [0.15, 0.2) is 5.82 Å². The maximum atomic E-state index is 13.2. The fourth-order valence-corrected chi connectivity index (χ4v) is 2.24. The van der Waals surface area contributed by atoms with Crippen LogP contribution in [0.4, 0.5) is 8.78 Å². The predicted octanol–water partition coefficient (Wildman–Crippen LogP) is 4.56. The molecule has 3 nitrogen and oxygen atoms in total. The molecule has 0 fully saturated rings. The van der Waals surface area contributed by atoms with Crippen molar-refractivity contribution in [1.82, 2.24) is 9.97 Å². The first-order valence-electron chi connectivity index (χ1n) is 7.65. The van der Waals surface area contributed by atoms with Crippen LogP contribution in [0.3, 0.4) is 0 Å². The molecular weight excluding hydrogens is 310 g/mol. The molecule has 2 aromatic carbocycles. The lowest BCUT2D eigenvalue weighted by Crippen LogP contribution is -2.02. The van der Waals surface area contributed by atoms with Gasteiger partial charge in [-0.2, -0.15) is 4.98 Å². The molecule has 0 spiro atoms. The topological polar surface area (TPSA) is 35.0 Å². The predicted molar refractivity (Wildman–Crippen MR) is 87.5 cm³/mol. The molecule has 3 aromatic rings.